The Morgan fingerprint density at radius 1 is 1.38 bits per heavy atom. The Hall–Kier alpha value is -2.69. The predicted octanol–water partition coefficient (Wildman–Crippen LogP) is 0.404. The third-order valence-corrected chi connectivity index (χ3v) is 6.30. The summed E-state index contributed by atoms with van der Waals surface area (Å²) in [4.78, 5) is 50.0. The average molecular weight is 425 g/mol. The number of furan rings is 1. The van der Waals surface area contributed by atoms with Crippen molar-refractivity contribution in [1.29, 1.82) is 0 Å². The van der Waals surface area contributed by atoms with Crippen molar-refractivity contribution in [3.8, 4) is 0 Å². The van der Waals surface area contributed by atoms with Crippen LogP contribution in [0.3, 0.4) is 0 Å². The average Bonchev–Trinajstić information content (AvgIpc) is 3.10. The van der Waals surface area contributed by atoms with Crippen molar-refractivity contribution in [3.05, 3.63) is 17.9 Å². The second-order valence-corrected chi connectivity index (χ2v) is 9.18. The number of thioether (sulfide) groups is 1. The summed E-state index contributed by atoms with van der Waals surface area (Å²) in [6.07, 6.45) is 0.307. The van der Waals surface area contributed by atoms with Crippen molar-refractivity contribution in [2.24, 2.45) is 0 Å². The molecule has 2 fully saturated rings. The van der Waals surface area contributed by atoms with Crippen LogP contribution in [0.15, 0.2) is 16.7 Å². The molecule has 0 aliphatic carbocycles. The van der Waals surface area contributed by atoms with Gasteiger partial charge in [0.15, 0.2) is 5.88 Å². The van der Waals surface area contributed by atoms with Gasteiger partial charge in [-0.25, -0.2) is 4.79 Å². The number of hydrogen-bond donors (Lipinski definition) is 2. The van der Waals surface area contributed by atoms with E-state index in [1.165, 1.54) is 36.8 Å². The molecule has 3 heterocycles. The van der Waals surface area contributed by atoms with Crippen molar-refractivity contribution in [1.82, 2.24) is 10.2 Å². The second-order valence-electron chi connectivity index (χ2n) is 7.41. The standard InChI is InChI=1S/C18H23N3O7S/c1-8(22)27-9(2)28-17(25)13-18(3,4)29-16-12(15(24)21(13)16)20-11(23)7-10-5-6-26-14(10)19/h5-6,9,12-13,16H,7,19H2,1-4H3,(H,20,23)/t9?,12-,13+,16-/m1/s1. The van der Waals surface area contributed by atoms with Crippen molar-refractivity contribution in [2.75, 3.05) is 5.73 Å². The predicted molar refractivity (Wildman–Crippen MR) is 102 cm³/mol. The minimum Gasteiger partial charge on any atom is -0.449 e. The highest BCUT2D eigenvalue weighted by Crippen LogP contribution is 2.51. The monoisotopic (exact) mass is 425 g/mol. The number of nitrogens with one attached hydrogen (secondary N) is 1. The summed E-state index contributed by atoms with van der Waals surface area (Å²) in [5.41, 5.74) is 6.16. The number of rotatable bonds is 6. The van der Waals surface area contributed by atoms with E-state index in [1.807, 2.05) is 13.8 Å². The zero-order chi connectivity index (χ0) is 21.5. The van der Waals surface area contributed by atoms with E-state index in [1.54, 1.807) is 6.07 Å². The zero-order valence-electron chi connectivity index (χ0n) is 16.5. The molecular weight excluding hydrogens is 402 g/mol. The van der Waals surface area contributed by atoms with Crippen LogP contribution in [-0.4, -0.2) is 57.1 Å². The minimum atomic E-state index is -1.06. The molecule has 158 valence electrons. The Balaban J connectivity index is 1.64. The molecule has 1 aromatic heterocycles. The molecular formula is C18H23N3O7S. The lowest BCUT2D eigenvalue weighted by molar-refractivity contribution is -0.190. The molecule has 2 amide bonds. The first-order chi connectivity index (χ1) is 13.5. The first-order valence-corrected chi connectivity index (χ1v) is 9.88. The number of carbonyl (C=O) groups excluding carboxylic acids is 4. The van der Waals surface area contributed by atoms with Crippen molar-refractivity contribution < 1.29 is 33.1 Å². The van der Waals surface area contributed by atoms with Gasteiger partial charge in [-0.15, -0.1) is 11.8 Å². The van der Waals surface area contributed by atoms with Crippen LogP contribution >= 0.6 is 11.8 Å². The van der Waals surface area contributed by atoms with Gasteiger partial charge in [0.25, 0.3) is 0 Å². The van der Waals surface area contributed by atoms with E-state index in [-0.39, 0.29) is 24.1 Å². The second kappa shape index (κ2) is 7.62. The van der Waals surface area contributed by atoms with Gasteiger partial charge in [0.05, 0.1) is 12.7 Å². The molecule has 1 unspecified atom stereocenters. The number of hydrogen-bond acceptors (Lipinski definition) is 9. The molecule has 0 radical (unpaired) electrons. The van der Waals surface area contributed by atoms with Crippen molar-refractivity contribution in [3.63, 3.8) is 0 Å². The Morgan fingerprint density at radius 3 is 2.66 bits per heavy atom. The van der Waals surface area contributed by atoms with Crippen LogP contribution in [0.1, 0.15) is 33.3 Å². The Bertz CT molecular complexity index is 852. The Morgan fingerprint density at radius 2 is 2.07 bits per heavy atom. The van der Waals surface area contributed by atoms with Gasteiger partial charge in [-0.05, 0) is 19.9 Å². The molecule has 1 aromatic rings. The lowest BCUT2D eigenvalue weighted by Gasteiger charge is -2.44. The molecule has 29 heavy (non-hydrogen) atoms. The van der Waals surface area contributed by atoms with Gasteiger partial charge in [-0.3, -0.25) is 14.4 Å². The van der Waals surface area contributed by atoms with E-state index in [9.17, 15) is 19.2 Å². The lowest BCUT2D eigenvalue weighted by Crippen LogP contribution is -2.71. The number of β-lactam (4-membered cyclic amide) rings is 1. The van der Waals surface area contributed by atoms with Gasteiger partial charge >= 0.3 is 11.9 Å². The largest absolute Gasteiger partial charge is 0.449 e. The molecule has 3 rings (SSSR count). The summed E-state index contributed by atoms with van der Waals surface area (Å²) in [6.45, 7) is 6.26. The van der Waals surface area contributed by atoms with Crippen LogP contribution in [0.5, 0.6) is 0 Å². The molecule has 0 spiro atoms. The quantitative estimate of drug-likeness (QED) is 0.376. The summed E-state index contributed by atoms with van der Waals surface area (Å²) in [5.74, 6) is -1.83. The third kappa shape index (κ3) is 4.04. The van der Waals surface area contributed by atoms with E-state index in [0.717, 1.165) is 0 Å². The highest BCUT2D eigenvalue weighted by atomic mass is 32.2. The normalized spacial score (nSPS) is 25.6. The Labute approximate surface area is 171 Å². The van der Waals surface area contributed by atoms with E-state index < -0.39 is 40.4 Å². The number of esters is 2. The fourth-order valence-electron chi connectivity index (χ4n) is 3.50. The van der Waals surface area contributed by atoms with Crippen LogP contribution in [0, 0.1) is 0 Å². The number of carbonyl (C=O) groups is 4. The topological polar surface area (TPSA) is 141 Å². The van der Waals surface area contributed by atoms with Crippen LogP contribution in [0.2, 0.25) is 0 Å². The first-order valence-electron chi connectivity index (χ1n) is 9.00. The number of nitrogens with two attached hydrogens (primary N) is 1. The Kier molecular flexibility index (Phi) is 5.52. The van der Waals surface area contributed by atoms with Crippen LogP contribution < -0.4 is 11.1 Å². The molecule has 2 aliphatic heterocycles. The molecule has 4 atom stereocenters. The molecule has 11 heteroatoms. The molecule has 2 aliphatic rings. The van der Waals surface area contributed by atoms with Crippen molar-refractivity contribution in [2.45, 2.75) is 62.6 Å². The van der Waals surface area contributed by atoms with E-state index in [2.05, 4.69) is 5.32 Å². The van der Waals surface area contributed by atoms with Gasteiger partial charge in [0, 0.05) is 24.2 Å². The smallest absolute Gasteiger partial charge is 0.333 e. The third-order valence-electron chi connectivity index (χ3n) is 4.73. The zero-order valence-corrected chi connectivity index (χ0v) is 17.3. The van der Waals surface area contributed by atoms with Gasteiger partial charge in [0.1, 0.15) is 17.5 Å². The van der Waals surface area contributed by atoms with E-state index >= 15 is 0 Å². The highest BCUT2D eigenvalue weighted by Gasteiger charge is 2.64. The van der Waals surface area contributed by atoms with E-state index in [0.29, 0.717) is 5.56 Å². The van der Waals surface area contributed by atoms with Crippen molar-refractivity contribution >= 4 is 41.4 Å². The van der Waals surface area contributed by atoms with Gasteiger partial charge < -0.3 is 29.8 Å². The van der Waals surface area contributed by atoms with Gasteiger partial charge in [0.2, 0.25) is 18.1 Å². The first kappa shape index (κ1) is 21.0. The maximum absolute atomic E-state index is 12.7. The molecule has 0 saturated carbocycles. The van der Waals surface area contributed by atoms with Crippen LogP contribution in [-0.2, 0) is 35.1 Å². The number of nitrogen functional groups attached to an aromatic ring is 1. The summed E-state index contributed by atoms with van der Waals surface area (Å²) >= 11 is 1.40. The molecule has 0 aromatic carbocycles. The number of amides is 2. The summed E-state index contributed by atoms with van der Waals surface area (Å²) in [5, 5.41) is 2.30. The molecule has 0 bridgehead atoms. The van der Waals surface area contributed by atoms with Gasteiger partial charge in [-0.2, -0.15) is 0 Å². The van der Waals surface area contributed by atoms with Gasteiger partial charge in [-0.1, -0.05) is 0 Å². The highest BCUT2D eigenvalue weighted by molar-refractivity contribution is 8.01. The maximum atomic E-state index is 12.7. The number of fused-ring (bicyclic) bond motifs is 1. The minimum absolute atomic E-state index is 0.0156. The molecule has 3 N–H and O–H groups in total. The maximum Gasteiger partial charge on any atom is 0.333 e. The SMILES string of the molecule is CC(=O)OC(C)OC(=O)[C@@H]1N2C(=O)[C@@H](NC(=O)Cc3ccoc3N)[C@H]2SC1(C)C. The van der Waals surface area contributed by atoms with Crippen LogP contribution in [0.4, 0.5) is 5.88 Å². The summed E-state index contributed by atoms with van der Waals surface area (Å²) in [7, 11) is 0. The fourth-order valence-corrected chi connectivity index (χ4v) is 5.12. The summed E-state index contributed by atoms with van der Waals surface area (Å²) in [6, 6.07) is -0.0163. The molecule has 10 nitrogen and oxygen atoms in total. The lowest BCUT2D eigenvalue weighted by atomic mass is 9.96. The fraction of sp³-hybridized carbons (Fsp3) is 0.556. The number of anilines is 1. The van der Waals surface area contributed by atoms with E-state index in [4.69, 9.17) is 19.6 Å². The molecule has 2 saturated heterocycles. The summed E-state index contributed by atoms with van der Waals surface area (Å²) < 4.78 is 14.3. The van der Waals surface area contributed by atoms with Crippen LogP contribution in [0.25, 0.3) is 0 Å². The number of ether oxygens (including phenoxy) is 2. The number of nitrogens with zero attached hydrogens (tertiary/aromatic N) is 1.